The van der Waals surface area contributed by atoms with E-state index in [0.717, 1.165) is 5.56 Å². The van der Waals surface area contributed by atoms with Gasteiger partial charge in [0.1, 0.15) is 0 Å². The predicted octanol–water partition coefficient (Wildman–Crippen LogP) is 2.37. The van der Waals surface area contributed by atoms with Crippen LogP contribution in [-0.4, -0.2) is 34.0 Å². The van der Waals surface area contributed by atoms with Crippen molar-refractivity contribution < 1.29 is 14.8 Å². The van der Waals surface area contributed by atoms with E-state index in [9.17, 15) is 14.9 Å². The number of rotatable bonds is 6. The van der Waals surface area contributed by atoms with Gasteiger partial charge in [-0.05, 0) is 26.0 Å². The zero-order chi connectivity index (χ0) is 14.6. The normalized spacial score (nSPS) is 12.4. The van der Waals surface area contributed by atoms with Crippen molar-refractivity contribution in [1.29, 1.82) is 0 Å². The minimum atomic E-state index is -0.907. The molecule has 0 spiro atoms. The van der Waals surface area contributed by atoms with Gasteiger partial charge in [0, 0.05) is 17.7 Å². The second-order valence-electron chi connectivity index (χ2n) is 4.44. The molecular weight excluding hydrogens is 248 g/mol. The fourth-order valence-electron chi connectivity index (χ4n) is 1.99. The van der Waals surface area contributed by atoms with E-state index in [-0.39, 0.29) is 18.3 Å². The molecule has 1 aromatic carbocycles. The first-order chi connectivity index (χ1) is 8.86. The fourth-order valence-corrected chi connectivity index (χ4v) is 1.99. The molecule has 104 valence electrons. The molecule has 0 heterocycles. The van der Waals surface area contributed by atoms with Crippen molar-refractivity contribution in [3.63, 3.8) is 0 Å². The average Bonchev–Trinajstić information content (AvgIpc) is 2.35. The third-order valence-corrected chi connectivity index (χ3v) is 3.20. The number of likely N-dealkylation sites (N-methyl/N-ethyl adjacent to an activating group) is 1. The number of nitro groups is 1. The van der Waals surface area contributed by atoms with Crippen LogP contribution in [0.15, 0.2) is 18.2 Å². The summed E-state index contributed by atoms with van der Waals surface area (Å²) in [5.41, 5.74) is 1.42. The molecule has 1 rings (SSSR count). The molecule has 0 aromatic heterocycles. The highest BCUT2D eigenvalue weighted by molar-refractivity contribution is 5.69. The molecule has 0 radical (unpaired) electrons. The van der Waals surface area contributed by atoms with Crippen LogP contribution in [0, 0.1) is 17.0 Å². The van der Waals surface area contributed by atoms with Gasteiger partial charge in [-0.25, -0.2) is 0 Å². The number of aliphatic carboxylic acids is 1. The van der Waals surface area contributed by atoms with E-state index in [1.807, 2.05) is 13.8 Å². The highest BCUT2D eigenvalue weighted by Crippen LogP contribution is 2.26. The Hall–Kier alpha value is -1.95. The number of hydrogen-bond acceptors (Lipinski definition) is 4. The maximum atomic E-state index is 10.9. The van der Waals surface area contributed by atoms with Crippen molar-refractivity contribution in [2.45, 2.75) is 26.8 Å². The van der Waals surface area contributed by atoms with Crippen LogP contribution in [-0.2, 0) is 4.79 Å². The molecule has 1 unspecified atom stereocenters. The van der Waals surface area contributed by atoms with Crippen LogP contribution in [0.3, 0.4) is 0 Å². The quantitative estimate of drug-likeness (QED) is 0.631. The third kappa shape index (κ3) is 3.75. The summed E-state index contributed by atoms with van der Waals surface area (Å²) in [6.07, 6.45) is 0. The summed E-state index contributed by atoms with van der Waals surface area (Å²) < 4.78 is 0. The Morgan fingerprint density at radius 2 is 2.16 bits per heavy atom. The minimum Gasteiger partial charge on any atom is -0.480 e. The fraction of sp³-hybridized carbons (Fsp3) is 0.462. The van der Waals surface area contributed by atoms with Gasteiger partial charge >= 0.3 is 5.97 Å². The maximum absolute atomic E-state index is 10.9. The summed E-state index contributed by atoms with van der Waals surface area (Å²) in [7, 11) is 0. The van der Waals surface area contributed by atoms with E-state index < -0.39 is 10.9 Å². The molecule has 19 heavy (non-hydrogen) atoms. The Labute approximate surface area is 111 Å². The van der Waals surface area contributed by atoms with Gasteiger partial charge in [-0.15, -0.1) is 0 Å². The Kier molecular flexibility index (Phi) is 5.00. The second-order valence-corrected chi connectivity index (χ2v) is 4.44. The van der Waals surface area contributed by atoms with Crippen molar-refractivity contribution in [2.75, 3.05) is 13.1 Å². The summed E-state index contributed by atoms with van der Waals surface area (Å²) >= 11 is 0. The molecule has 0 saturated heterocycles. The number of carboxylic acid groups (broad SMARTS) is 1. The molecule has 0 aliphatic heterocycles. The van der Waals surface area contributed by atoms with Crippen molar-refractivity contribution in [1.82, 2.24) is 4.90 Å². The van der Waals surface area contributed by atoms with E-state index in [4.69, 9.17) is 5.11 Å². The van der Waals surface area contributed by atoms with E-state index in [2.05, 4.69) is 0 Å². The molecule has 1 N–H and O–H groups in total. The van der Waals surface area contributed by atoms with Gasteiger partial charge in [0.2, 0.25) is 0 Å². The molecule has 0 bridgehead atoms. The lowest BCUT2D eigenvalue weighted by atomic mass is 10.0. The first kappa shape index (κ1) is 15.1. The van der Waals surface area contributed by atoms with E-state index in [0.29, 0.717) is 12.1 Å². The lowest BCUT2D eigenvalue weighted by molar-refractivity contribution is -0.385. The zero-order valence-electron chi connectivity index (χ0n) is 11.3. The smallest absolute Gasteiger partial charge is 0.317 e. The molecule has 0 aliphatic carbocycles. The number of hydrogen-bond donors (Lipinski definition) is 1. The van der Waals surface area contributed by atoms with Crippen molar-refractivity contribution in [2.24, 2.45) is 0 Å². The van der Waals surface area contributed by atoms with Crippen LogP contribution in [0.2, 0.25) is 0 Å². The summed E-state index contributed by atoms with van der Waals surface area (Å²) in [5, 5.41) is 19.8. The minimum absolute atomic E-state index is 0.0655. The Morgan fingerprint density at radius 1 is 1.53 bits per heavy atom. The van der Waals surface area contributed by atoms with Crippen LogP contribution < -0.4 is 0 Å². The number of nitro benzene ring substituents is 1. The van der Waals surface area contributed by atoms with Crippen LogP contribution in [0.4, 0.5) is 5.69 Å². The molecule has 6 nitrogen and oxygen atoms in total. The molecule has 1 atom stereocenters. The lowest BCUT2D eigenvalue weighted by Crippen LogP contribution is -2.32. The molecule has 0 aliphatic rings. The van der Waals surface area contributed by atoms with Crippen LogP contribution in [0.1, 0.15) is 31.0 Å². The van der Waals surface area contributed by atoms with Crippen molar-refractivity contribution >= 4 is 11.7 Å². The Morgan fingerprint density at radius 3 is 2.63 bits per heavy atom. The first-order valence-electron chi connectivity index (χ1n) is 6.07. The number of carbonyl (C=O) groups is 1. The van der Waals surface area contributed by atoms with Gasteiger partial charge < -0.3 is 5.11 Å². The number of nitrogens with zero attached hydrogens (tertiary/aromatic N) is 2. The van der Waals surface area contributed by atoms with Crippen LogP contribution in [0.5, 0.6) is 0 Å². The number of aryl methyl sites for hydroxylation is 1. The van der Waals surface area contributed by atoms with Crippen LogP contribution >= 0.6 is 0 Å². The topological polar surface area (TPSA) is 83.7 Å². The van der Waals surface area contributed by atoms with E-state index >= 15 is 0 Å². The van der Waals surface area contributed by atoms with Gasteiger partial charge in [0.15, 0.2) is 0 Å². The summed E-state index contributed by atoms with van der Waals surface area (Å²) in [5.74, 6) is -0.907. The predicted molar refractivity (Wildman–Crippen MR) is 71.1 cm³/mol. The molecule has 1 aromatic rings. The standard InChI is InChI=1S/C13H18N2O4/c1-4-14(8-13(16)17)10(3)11-6-5-9(2)12(7-11)15(18)19/h5-7,10H,4,8H2,1-3H3,(H,16,17). The Bertz CT molecular complexity index is 488. The monoisotopic (exact) mass is 266 g/mol. The highest BCUT2D eigenvalue weighted by atomic mass is 16.6. The molecule has 0 fully saturated rings. The molecule has 0 saturated carbocycles. The van der Waals surface area contributed by atoms with Gasteiger partial charge in [-0.3, -0.25) is 19.8 Å². The second kappa shape index (κ2) is 6.29. The molecular formula is C13H18N2O4. The first-order valence-corrected chi connectivity index (χ1v) is 6.07. The maximum Gasteiger partial charge on any atom is 0.317 e. The van der Waals surface area contributed by atoms with Gasteiger partial charge in [-0.2, -0.15) is 0 Å². The van der Waals surface area contributed by atoms with Gasteiger partial charge in [0.25, 0.3) is 5.69 Å². The van der Waals surface area contributed by atoms with Crippen LogP contribution in [0.25, 0.3) is 0 Å². The highest BCUT2D eigenvalue weighted by Gasteiger charge is 2.20. The average molecular weight is 266 g/mol. The largest absolute Gasteiger partial charge is 0.480 e. The SMILES string of the molecule is CCN(CC(=O)O)C(C)c1ccc(C)c([N+](=O)[O-])c1. The van der Waals surface area contributed by atoms with Crippen molar-refractivity contribution in [3.05, 3.63) is 39.4 Å². The molecule has 0 amide bonds. The lowest BCUT2D eigenvalue weighted by Gasteiger charge is -2.26. The Balaban J connectivity index is 3.04. The van der Waals surface area contributed by atoms with Gasteiger partial charge in [-0.1, -0.05) is 19.1 Å². The zero-order valence-corrected chi connectivity index (χ0v) is 11.3. The van der Waals surface area contributed by atoms with E-state index in [1.54, 1.807) is 24.0 Å². The van der Waals surface area contributed by atoms with Gasteiger partial charge in [0.05, 0.1) is 11.5 Å². The third-order valence-electron chi connectivity index (χ3n) is 3.20. The molecule has 6 heteroatoms. The van der Waals surface area contributed by atoms with Crippen molar-refractivity contribution in [3.8, 4) is 0 Å². The van der Waals surface area contributed by atoms with E-state index in [1.165, 1.54) is 6.07 Å². The number of carboxylic acids is 1. The summed E-state index contributed by atoms with van der Waals surface area (Å²) in [6.45, 7) is 5.87. The summed E-state index contributed by atoms with van der Waals surface area (Å²) in [4.78, 5) is 23.0. The number of benzene rings is 1. The summed E-state index contributed by atoms with van der Waals surface area (Å²) in [6, 6.07) is 4.83.